The average Bonchev–Trinajstić information content (AvgIpc) is 2.68. The lowest BCUT2D eigenvalue weighted by Gasteiger charge is -2.09. The molecule has 2 heterocycles. The Bertz CT molecular complexity index is 520. The van der Waals surface area contributed by atoms with Crippen LogP contribution in [0.3, 0.4) is 0 Å². The standard InChI is InChI=1S/C8H6Cl2N4O3/c9-3-1-2(17-14-3)7-12-5(8(15)16)4(10)6(11)13-7/h2H,1H2,(H,15,16)(H2,11,12,13). The van der Waals surface area contributed by atoms with E-state index in [2.05, 4.69) is 15.1 Å². The van der Waals surface area contributed by atoms with Crippen molar-refractivity contribution in [2.75, 3.05) is 5.73 Å². The van der Waals surface area contributed by atoms with Crippen molar-refractivity contribution >= 4 is 40.2 Å². The van der Waals surface area contributed by atoms with E-state index in [4.69, 9.17) is 38.9 Å². The molecule has 0 radical (unpaired) electrons. The molecule has 0 aliphatic carbocycles. The Kier molecular flexibility index (Phi) is 3.03. The number of oxime groups is 1. The summed E-state index contributed by atoms with van der Waals surface area (Å²) in [6.07, 6.45) is -0.373. The molecule has 0 saturated carbocycles. The van der Waals surface area contributed by atoms with Gasteiger partial charge in [-0.1, -0.05) is 28.4 Å². The average molecular weight is 277 g/mol. The van der Waals surface area contributed by atoms with Gasteiger partial charge in [0.2, 0.25) is 0 Å². The normalized spacial score (nSPS) is 18.7. The molecule has 1 aliphatic heterocycles. The largest absolute Gasteiger partial charge is 0.476 e. The molecule has 0 saturated heterocycles. The quantitative estimate of drug-likeness (QED) is 0.845. The molecule has 0 amide bonds. The minimum atomic E-state index is -1.30. The fourth-order valence-corrected chi connectivity index (χ4v) is 1.60. The van der Waals surface area contributed by atoms with Crippen molar-refractivity contribution in [3.63, 3.8) is 0 Å². The highest BCUT2D eigenvalue weighted by molar-refractivity contribution is 6.65. The number of carbonyl (C=O) groups is 1. The maximum atomic E-state index is 10.9. The van der Waals surface area contributed by atoms with Gasteiger partial charge in [-0.3, -0.25) is 0 Å². The van der Waals surface area contributed by atoms with Gasteiger partial charge in [0.15, 0.2) is 17.6 Å². The summed E-state index contributed by atoms with van der Waals surface area (Å²) in [4.78, 5) is 23.4. The SMILES string of the molecule is Nc1nc(C2CC(Cl)=NO2)nc(C(=O)O)c1Cl. The van der Waals surface area contributed by atoms with Crippen molar-refractivity contribution < 1.29 is 14.7 Å². The number of nitrogen functional groups attached to an aromatic ring is 1. The van der Waals surface area contributed by atoms with E-state index >= 15 is 0 Å². The van der Waals surface area contributed by atoms with E-state index in [0.29, 0.717) is 0 Å². The number of hydrogen-bond acceptors (Lipinski definition) is 6. The lowest BCUT2D eigenvalue weighted by Crippen LogP contribution is -2.12. The summed E-state index contributed by atoms with van der Waals surface area (Å²) in [6.45, 7) is 0. The minimum Gasteiger partial charge on any atom is -0.476 e. The smallest absolute Gasteiger partial charge is 0.356 e. The van der Waals surface area contributed by atoms with Crippen LogP contribution in [0.2, 0.25) is 5.02 Å². The molecule has 1 unspecified atom stereocenters. The monoisotopic (exact) mass is 276 g/mol. The summed E-state index contributed by atoms with van der Waals surface area (Å²) in [5, 5.41) is 12.4. The van der Waals surface area contributed by atoms with Crippen LogP contribution in [0, 0.1) is 0 Å². The van der Waals surface area contributed by atoms with Crippen molar-refractivity contribution in [3.05, 3.63) is 16.5 Å². The molecule has 2 rings (SSSR count). The van der Waals surface area contributed by atoms with Crippen molar-refractivity contribution in [1.82, 2.24) is 9.97 Å². The van der Waals surface area contributed by atoms with Crippen LogP contribution in [-0.2, 0) is 4.84 Å². The molecular weight excluding hydrogens is 271 g/mol. The molecule has 0 fully saturated rings. The van der Waals surface area contributed by atoms with E-state index < -0.39 is 12.1 Å². The summed E-state index contributed by atoms with van der Waals surface area (Å²) in [6, 6.07) is 0. The molecule has 0 bridgehead atoms. The number of hydrogen-bond donors (Lipinski definition) is 2. The maximum Gasteiger partial charge on any atom is 0.356 e. The topological polar surface area (TPSA) is 111 Å². The lowest BCUT2D eigenvalue weighted by atomic mass is 10.2. The number of aromatic carboxylic acids is 1. The van der Waals surface area contributed by atoms with Gasteiger partial charge in [0, 0.05) is 0 Å². The number of carboxylic acids is 1. The van der Waals surface area contributed by atoms with Gasteiger partial charge in [-0.2, -0.15) is 0 Å². The van der Waals surface area contributed by atoms with E-state index in [1.807, 2.05) is 0 Å². The van der Waals surface area contributed by atoms with Crippen LogP contribution in [0.4, 0.5) is 5.82 Å². The van der Waals surface area contributed by atoms with Crippen LogP contribution in [0.25, 0.3) is 0 Å². The first-order valence-electron chi connectivity index (χ1n) is 4.43. The predicted molar refractivity (Wildman–Crippen MR) is 60.1 cm³/mol. The molecule has 0 spiro atoms. The van der Waals surface area contributed by atoms with Gasteiger partial charge < -0.3 is 15.7 Å². The van der Waals surface area contributed by atoms with E-state index in [9.17, 15) is 4.79 Å². The second kappa shape index (κ2) is 4.34. The second-order valence-corrected chi connectivity index (χ2v) is 4.01. The minimum absolute atomic E-state index is 0.0868. The molecule has 1 atom stereocenters. The zero-order valence-corrected chi connectivity index (χ0v) is 9.73. The Morgan fingerprint density at radius 3 is 2.71 bits per heavy atom. The lowest BCUT2D eigenvalue weighted by molar-refractivity contribution is 0.0679. The van der Waals surface area contributed by atoms with Gasteiger partial charge in [-0.25, -0.2) is 14.8 Å². The fraction of sp³-hybridized carbons (Fsp3) is 0.250. The molecule has 1 aromatic rings. The summed E-state index contributed by atoms with van der Waals surface area (Å²) in [5.41, 5.74) is 5.11. The molecule has 3 N–H and O–H groups in total. The van der Waals surface area contributed by atoms with Gasteiger partial charge in [-0.05, 0) is 0 Å². The van der Waals surface area contributed by atoms with E-state index in [1.54, 1.807) is 0 Å². The second-order valence-electron chi connectivity index (χ2n) is 3.20. The fourth-order valence-electron chi connectivity index (χ4n) is 1.25. The molecule has 7 nitrogen and oxygen atoms in total. The highest BCUT2D eigenvalue weighted by Crippen LogP contribution is 2.29. The van der Waals surface area contributed by atoms with Crippen LogP contribution in [0.1, 0.15) is 28.8 Å². The first-order valence-corrected chi connectivity index (χ1v) is 5.19. The third-order valence-corrected chi connectivity index (χ3v) is 2.61. The number of halogens is 2. The highest BCUT2D eigenvalue weighted by atomic mass is 35.5. The first-order chi connectivity index (χ1) is 7.99. The third kappa shape index (κ3) is 2.25. The number of carboxylic acid groups (broad SMARTS) is 1. The number of nitrogens with zero attached hydrogens (tertiary/aromatic N) is 3. The summed E-state index contributed by atoms with van der Waals surface area (Å²) in [7, 11) is 0. The molecule has 1 aromatic heterocycles. The van der Waals surface area contributed by atoms with Gasteiger partial charge in [0.1, 0.15) is 16.0 Å². The van der Waals surface area contributed by atoms with Crippen LogP contribution in [-0.4, -0.2) is 26.2 Å². The van der Waals surface area contributed by atoms with Crippen molar-refractivity contribution in [2.45, 2.75) is 12.5 Å². The van der Waals surface area contributed by atoms with Gasteiger partial charge in [0.25, 0.3) is 0 Å². The summed E-state index contributed by atoms with van der Waals surface area (Å²) in [5.74, 6) is -1.33. The molecule has 9 heteroatoms. The van der Waals surface area contributed by atoms with Gasteiger partial charge >= 0.3 is 5.97 Å². The number of nitrogens with two attached hydrogens (primary N) is 1. The van der Waals surface area contributed by atoms with E-state index in [1.165, 1.54) is 0 Å². The van der Waals surface area contributed by atoms with Crippen LogP contribution >= 0.6 is 23.2 Å². The Labute approximate surface area is 105 Å². The van der Waals surface area contributed by atoms with Gasteiger partial charge in [0.05, 0.1) is 6.42 Å². The zero-order valence-electron chi connectivity index (χ0n) is 8.22. The summed E-state index contributed by atoms with van der Waals surface area (Å²) < 4.78 is 0. The van der Waals surface area contributed by atoms with Crippen molar-refractivity contribution in [1.29, 1.82) is 0 Å². The Morgan fingerprint density at radius 2 is 2.18 bits per heavy atom. The van der Waals surface area contributed by atoms with E-state index in [0.717, 1.165) is 0 Å². The first kappa shape index (κ1) is 11.9. The predicted octanol–water partition coefficient (Wildman–Crippen LogP) is 1.42. The molecule has 1 aliphatic rings. The van der Waals surface area contributed by atoms with Gasteiger partial charge in [-0.15, -0.1) is 0 Å². The highest BCUT2D eigenvalue weighted by Gasteiger charge is 2.27. The maximum absolute atomic E-state index is 10.9. The molecular formula is C8H6Cl2N4O3. The van der Waals surface area contributed by atoms with Crippen LogP contribution < -0.4 is 5.73 Å². The van der Waals surface area contributed by atoms with Crippen molar-refractivity contribution in [2.24, 2.45) is 5.16 Å². The molecule has 90 valence electrons. The van der Waals surface area contributed by atoms with Crippen molar-refractivity contribution in [3.8, 4) is 0 Å². The zero-order chi connectivity index (χ0) is 12.6. The Morgan fingerprint density at radius 1 is 1.47 bits per heavy atom. The van der Waals surface area contributed by atoms with Crippen LogP contribution in [0.15, 0.2) is 5.16 Å². The van der Waals surface area contributed by atoms with Crippen LogP contribution in [0.5, 0.6) is 0 Å². The number of rotatable bonds is 2. The third-order valence-electron chi connectivity index (χ3n) is 2.02. The summed E-state index contributed by atoms with van der Waals surface area (Å²) >= 11 is 11.3. The molecule has 17 heavy (non-hydrogen) atoms. The Hall–Kier alpha value is -1.60. The number of anilines is 1. The van der Waals surface area contributed by atoms with E-state index in [-0.39, 0.29) is 34.0 Å². The number of aromatic nitrogens is 2. The Balaban J connectivity index is 2.40. The molecule has 0 aromatic carbocycles.